The second-order valence-corrected chi connectivity index (χ2v) is 13.9. The molecule has 8 aromatic rings. The van der Waals surface area contributed by atoms with Gasteiger partial charge in [0.05, 0.1) is 28.5 Å². The molecular formula is C48H38N6. The molecule has 6 nitrogen and oxygen atoms in total. The lowest BCUT2D eigenvalue weighted by Gasteiger charge is -2.39. The van der Waals surface area contributed by atoms with Crippen LogP contribution in [0, 0.1) is 0 Å². The third-order valence-corrected chi connectivity index (χ3v) is 10.6. The van der Waals surface area contributed by atoms with Gasteiger partial charge < -0.3 is 0 Å². The largest absolute Gasteiger partial charge is 0.264 e. The van der Waals surface area contributed by atoms with E-state index in [0.29, 0.717) is 11.6 Å². The zero-order valence-corrected chi connectivity index (χ0v) is 29.9. The first-order valence-electron chi connectivity index (χ1n) is 18.6. The molecule has 0 radical (unpaired) electrons. The van der Waals surface area contributed by atoms with E-state index >= 15 is 0 Å². The van der Waals surface area contributed by atoms with Gasteiger partial charge in [-0.15, -0.1) is 0 Å². The molecule has 4 aromatic carbocycles. The van der Waals surface area contributed by atoms with E-state index in [0.717, 1.165) is 69.1 Å². The van der Waals surface area contributed by atoms with Crippen molar-refractivity contribution < 1.29 is 0 Å². The minimum Gasteiger partial charge on any atom is -0.264 e. The van der Waals surface area contributed by atoms with Gasteiger partial charge in [-0.05, 0) is 60.4 Å². The van der Waals surface area contributed by atoms with E-state index in [-0.39, 0.29) is 5.41 Å². The van der Waals surface area contributed by atoms with Crippen molar-refractivity contribution in [1.82, 2.24) is 29.9 Å². The number of nitrogens with zero attached hydrogens (tertiary/aromatic N) is 6. The number of hydrogen-bond donors (Lipinski definition) is 0. The van der Waals surface area contributed by atoms with Crippen LogP contribution >= 0.6 is 0 Å². The molecule has 1 aliphatic rings. The van der Waals surface area contributed by atoms with Crippen molar-refractivity contribution in [2.24, 2.45) is 0 Å². The smallest absolute Gasteiger partial charge is 0.160 e. The zero-order valence-electron chi connectivity index (χ0n) is 29.9. The lowest BCUT2D eigenvalue weighted by molar-refractivity contribution is 0.346. The summed E-state index contributed by atoms with van der Waals surface area (Å²) in [6.07, 6.45) is 11.3. The Labute approximate surface area is 315 Å². The van der Waals surface area contributed by atoms with Crippen LogP contribution in [0.2, 0.25) is 0 Å². The first kappa shape index (κ1) is 33.2. The summed E-state index contributed by atoms with van der Waals surface area (Å²) in [5.41, 5.74) is 11.9. The van der Waals surface area contributed by atoms with E-state index in [1.54, 1.807) is 12.4 Å². The van der Waals surface area contributed by atoms with Gasteiger partial charge in [0, 0.05) is 51.8 Å². The van der Waals surface area contributed by atoms with Gasteiger partial charge in [-0.1, -0.05) is 135 Å². The molecular weight excluding hydrogens is 661 g/mol. The summed E-state index contributed by atoms with van der Waals surface area (Å²) < 4.78 is 0. The Morgan fingerprint density at radius 3 is 1.39 bits per heavy atom. The predicted octanol–water partition coefficient (Wildman–Crippen LogP) is 11.3. The highest BCUT2D eigenvalue weighted by Gasteiger charge is 2.35. The first-order valence-corrected chi connectivity index (χ1v) is 18.6. The number of benzene rings is 4. The van der Waals surface area contributed by atoms with Crippen LogP contribution in [0.25, 0.3) is 67.9 Å². The van der Waals surface area contributed by atoms with E-state index in [2.05, 4.69) is 94.9 Å². The molecule has 0 aliphatic heterocycles. The van der Waals surface area contributed by atoms with Gasteiger partial charge in [0.2, 0.25) is 0 Å². The van der Waals surface area contributed by atoms with Crippen LogP contribution in [0.15, 0.2) is 170 Å². The second kappa shape index (κ2) is 14.8. The maximum atomic E-state index is 5.06. The van der Waals surface area contributed by atoms with E-state index < -0.39 is 0 Å². The fourth-order valence-corrected chi connectivity index (χ4v) is 7.75. The van der Waals surface area contributed by atoms with Crippen molar-refractivity contribution >= 4 is 0 Å². The number of rotatable bonds is 8. The molecule has 0 spiro atoms. The zero-order chi connectivity index (χ0) is 36.2. The lowest BCUT2D eigenvalue weighted by atomic mass is 9.65. The fraction of sp³-hybridized carbons (Fsp3) is 0.125. The molecule has 0 unspecified atom stereocenters. The SMILES string of the molecule is c1ccc(-c2nc(-c3ccc(C4(c5ccc(-c6cc(-c7ccccn7)nc(-c7ccccc7)n6)cc5)CCCCC4)cc3)cc(-c3cccnc3)n2)cc1. The summed E-state index contributed by atoms with van der Waals surface area (Å²) >= 11 is 0. The van der Waals surface area contributed by atoms with Crippen molar-refractivity contribution in [3.63, 3.8) is 0 Å². The summed E-state index contributed by atoms with van der Waals surface area (Å²) in [6, 6.07) is 52.5. The van der Waals surface area contributed by atoms with Crippen LogP contribution in [0.3, 0.4) is 0 Å². The molecule has 6 heteroatoms. The molecule has 1 saturated carbocycles. The Balaban J connectivity index is 1.07. The van der Waals surface area contributed by atoms with E-state index in [4.69, 9.17) is 19.9 Å². The Kier molecular flexibility index (Phi) is 9.07. The average molecular weight is 699 g/mol. The van der Waals surface area contributed by atoms with E-state index in [9.17, 15) is 0 Å². The van der Waals surface area contributed by atoms with Crippen LogP contribution in [-0.4, -0.2) is 29.9 Å². The van der Waals surface area contributed by atoms with Gasteiger partial charge in [-0.3, -0.25) is 9.97 Å². The molecule has 1 fully saturated rings. The van der Waals surface area contributed by atoms with Crippen LogP contribution in [-0.2, 0) is 5.41 Å². The lowest BCUT2D eigenvalue weighted by Crippen LogP contribution is -2.30. The molecule has 54 heavy (non-hydrogen) atoms. The van der Waals surface area contributed by atoms with Crippen LogP contribution in [0.5, 0.6) is 0 Å². The highest BCUT2D eigenvalue weighted by atomic mass is 14.9. The molecule has 0 saturated heterocycles. The van der Waals surface area contributed by atoms with Crippen LogP contribution in [0.1, 0.15) is 43.2 Å². The molecule has 1 aliphatic carbocycles. The second-order valence-electron chi connectivity index (χ2n) is 13.9. The van der Waals surface area contributed by atoms with E-state index in [1.807, 2.05) is 72.9 Å². The molecule has 4 heterocycles. The molecule has 4 aromatic heterocycles. The summed E-state index contributed by atoms with van der Waals surface area (Å²) in [5.74, 6) is 1.39. The summed E-state index contributed by atoms with van der Waals surface area (Å²) in [7, 11) is 0. The van der Waals surface area contributed by atoms with Gasteiger partial charge >= 0.3 is 0 Å². The quantitative estimate of drug-likeness (QED) is 0.157. The number of pyridine rings is 2. The maximum Gasteiger partial charge on any atom is 0.160 e. The standard InChI is InChI=1S/C48H38N6/c1-4-13-36(14-5-1)46-51-42(31-44(53-46)38-17-12-29-49-33-38)34-19-23-39(24-20-34)48(27-9-3-10-28-48)40-25-21-35(22-26-40)43-32-45(41-18-8-11-30-50-41)54-47(52-43)37-15-6-2-7-16-37/h1-2,4-8,11-26,29-33H,3,9-10,27-28H2. The number of aromatic nitrogens is 6. The fourth-order valence-electron chi connectivity index (χ4n) is 7.75. The summed E-state index contributed by atoms with van der Waals surface area (Å²) in [4.78, 5) is 28.9. The van der Waals surface area contributed by atoms with Gasteiger partial charge in [-0.25, -0.2) is 19.9 Å². The summed E-state index contributed by atoms with van der Waals surface area (Å²) in [6.45, 7) is 0. The third-order valence-electron chi connectivity index (χ3n) is 10.6. The molecule has 260 valence electrons. The maximum absolute atomic E-state index is 5.06. The van der Waals surface area contributed by atoms with Crippen molar-refractivity contribution in [1.29, 1.82) is 0 Å². The van der Waals surface area contributed by atoms with Gasteiger partial charge in [0.1, 0.15) is 0 Å². The topological polar surface area (TPSA) is 77.3 Å². The molecule has 0 bridgehead atoms. The minimum absolute atomic E-state index is 0.0724. The highest BCUT2D eigenvalue weighted by Crippen LogP contribution is 2.46. The Hall–Kier alpha value is -6.66. The van der Waals surface area contributed by atoms with Gasteiger partial charge in [0.25, 0.3) is 0 Å². The monoisotopic (exact) mass is 698 g/mol. The van der Waals surface area contributed by atoms with Crippen molar-refractivity contribution in [2.45, 2.75) is 37.5 Å². The van der Waals surface area contributed by atoms with Crippen molar-refractivity contribution in [2.75, 3.05) is 0 Å². The highest BCUT2D eigenvalue weighted by molar-refractivity contribution is 5.73. The van der Waals surface area contributed by atoms with Crippen LogP contribution < -0.4 is 0 Å². The molecule has 9 rings (SSSR count). The van der Waals surface area contributed by atoms with Gasteiger partial charge in [-0.2, -0.15) is 0 Å². The summed E-state index contributed by atoms with van der Waals surface area (Å²) in [5, 5.41) is 0. The van der Waals surface area contributed by atoms with Crippen molar-refractivity contribution in [3.05, 3.63) is 181 Å². The molecule has 0 atom stereocenters. The average Bonchev–Trinajstić information content (AvgIpc) is 3.27. The third kappa shape index (κ3) is 6.70. The minimum atomic E-state index is -0.0724. The number of hydrogen-bond acceptors (Lipinski definition) is 6. The Morgan fingerprint density at radius 1 is 0.370 bits per heavy atom. The Morgan fingerprint density at radius 2 is 0.870 bits per heavy atom. The molecule has 0 N–H and O–H groups in total. The van der Waals surface area contributed by atoms with Gasteiger partial charge in [0.15, 0.2) is 11.6 Å². The predicted molar refractivity (Wildman–Crippen MR) is 216 cm³/mol. The van der Waals surface area contributed by atoms with Crippen LogP contribution in [0.4, 0.5) is 0 Å². The Bertz CT molecular complexity index is 2190. The van der Waals surface area contributed by atoms with E-state index in [1.165, 1.54) is 30.4 Å². The van der Waals surface area contributed by atoms with Crippen molar-refractivity contribution in [3.8, 4) is 67.9 Å². The molecule has 0 amide bonds. The first-order chi connectivity index (χ1) is 26.7. The normalized spacial score (nSPS) is 13.7.